The van der Waals surface area contributed by atoms with Crippen LogP contribution in [0.2, 0.25) is 0 Å². The number of amides is 1. The second-order valence-electron chi connectivity index (χ2n) is 5.36. The largest absolute Gasteiger partial charge is 0.452 e. The monoisotopic (exact) mass is 344 g/mol. The molecule has 1 aromatic heterocycles. The molecule has 0 aliphatic rings. The highest BCUT2D eigenvalue weighted by Crippen LogP contribution is 2.24. The smallest absolute Gasteiger partial charge is 0.312 e. The lowest BCUT2D eigenvalue weighted by molar-refractivity contribution is -0.154. The van der Waals surface area contributed by atoms with E-state index in [0.717, 1.165) is 16.1 Å². The number of aryl methyl sites for hydroxylation is 1. The Labute approximate surface area is 145 Å². The summed E-state index contributed by atoms with van der Waals surface area (Å²) in [5.74, 6) is -0.820. The zero-order valence-corrected chi connectivity index (χ0v) is 14.6. The zero-order chi connectivity index (χ0) is 17.5. The van der Waals surface area contributed by atoms with Gasteiger partial charge in [-0.1, -0.05) is 29.8 Å². The van der Waals surface area contributed by atoms with E-state index in [1.165, 1.54) is 18.3 Å². The Kier molecular flexibility index (Phi) is 6.26. The topological polar surface area (TPSA) is 68.3 Å². The third-order valence-corrected chi connectivity index (χ3v) is 4.18. The van der Waals surface area contributed by atoms with Crippen molar-refractivity contribution in [1.82, 2.24) is 10.3 Å². The highest BCUT2D eigenvalue weighted by atomic mass is 32.1. The van der Waals surface area contributed by atoms with Crippen molar-refractivity contribution in [3.63, 3.8) is 0 Å². The fraction of sp³-hybridized carbons (Fsp3) is 0.278. The van der Waals surface area contributed by atoms with E-state index in [9.17, 15) is 9.59 Å². The van der Waals surface area contributed by atoms with Gasteiger partial charge in [0.1, 0.15) is 5.01 Å². The molecule has 0 saturated carbocycles. The lowest BCUT2D eigenvalue weighted by Gasteiger charge is -2.12. The molecular formula is C18H20N2O3S. The predicted molar refractivity (Wildman–Crippen MR) is 94.8 cm³/mol. The van der Waals surface area contributed by atoms with Gasteiger partial charge in [0.2, 0.25) is 0 Å². The Morgan fingerprint density at radius 1 is 1.46 bits per heavy atom. The SMILES string of the molecule is C=CCNC(=O)[C@@H](C)OC(=O)Cc1csc(-c2cccc(C)c2)n1. The highest BCUT2D eigenvalue weighted by Gasteiger charge is 2.18. The van der Waals surface area contributed by atoms with Gasteiger partial charge in [-0.2, -0.15) is 0 Å². The van der Waals surface area contributed by atoms with Crippen molar-refractivity contribution in [2.24, 2.45) is 0 Å². The molecule has 24 heavy (non-hydrogen) atoms. The van der Waals surface area contributed by atoms with Crippen LogP contribution in [0, 0.1) is 6.92 Å². The van der Waals surface area contributed by atoms with Gasteiger partial charge in [0.05, 0.1) is 12.1 Å². The lowest BCUT2D eigenvalue weighted by Crippen LogP contribution is -2.36. The summed E-state index contributed by atoms with van der Waals surface area (Å²) in [5, 5.41) is 5.28. The van der Waals surface area contributed by atoms with Crippen LogP contribution in [0.3, 0.4) is 0 Å². The fourth-order valence-electron chi connectivity index (χ4n) is 2.06. The minimum Gasteiger partial charge on any atom is -0.452 e. The maximum atomic E-state index is 11.9. The van der Waals surface area contributed by atoms with E-state index in [1.807, 2.05) is 36.6 Å². The molecule has 0 spiro atoms. The summed E-state index contributed by atoms with van der Waals surface area (Å²) in [6.07, 6.45) is 0.767. The molecule has 2 rings (SSSR count). The van der Waals surface area contributed by atoms with E-state index < -0.39 is 12.1 Å². The van der Waals surface area contributed by atoms with E-state index in [0.29, 0.717) is 12.2 Å². The molecule has 0 unspecified atom stereocenters. The van der Waals surface area contributed by atoms with Crippen LogP contribution in [-0.4, -0.2) is 29.5 Å². The number of nitrogens with one attached hydrogen (secondary N) is 1. The van der Waals surface area contributed by atoms with Crippen LogP contribution in [-0.2, 0) is 20.7 Å². The number of ether oxygens (including phenoxy) is 1. The number of rotatable bonds is 7. The molecule has 1 amide bonds. The molecule has 126 valence electrons. The Hall–Kier alpha value is -2.47. The predicted octanol–water partition coefficient (Wildman–Crippen LogP) is 2.89. The normalized spacial score (nSPS) is 11.6. The lowest BCUT2D eigenvalue weighted by atomic mass is 10.1. The van der Waals surface area contributed by atoms with Crippen LogP contribution in [0.4, 0.5) is 0 Å². The van der Waals surface area contributed by atoms with Crippen molar-refractivity contribution in [1.29, 1.82) is 0 Å². The second-order valence-corrected chi connectivity index (χ2v) is 6.21. The molecule has 2 aromatic rings. The minimum absolute atomic E-state index is 0.0430. The minimum atomic E-state index is -0.840. The summed E-state index contributed by atoms with van der Waals surface area (Å²) < 4.78 is 5.13. The van der Waals surface area contributed by atoms with E-state index in [2.05, 4.69) is 16.9 Å². The summed E-state index contributed by atoms with van der Waals surface area (Å²) in [6.45, 7) is 7.41. The van der Waals surface area contributed by atoms with E-state index >= 15 is 0 Å². The Morgan fingerprint density at radius 2 is 2.25 bits per heavy atom. The number of hydrogen-bond acceptors (Lipinski definition) is 5. The number of benzene rings is 1. The maximum absolute atomic E-state index is 11.9. The van der Waals surface area contributed by atoms with Gasteiger partial charge >= 0.3 is 5.97 Å². The molecule has 6 heteroatoms. The van der Waals surface area contributed by atoms with Crippen LogP contribution >= 0.6 is 11.3 Å². The fourth-order valence-corrected chi connectivity index (χ4v) is 2.87. The molecule has 1 heterocycles. The molecule has 0 fully saturated rings. The first-order valence-corrected chi connectivity index (χ1v) is 8.47. The summed E-state index contributed by atoms with van der Waals surface area (Å²) in [6, 6.07) is 8.03. The molecule has 1 atom stereocenters. The quantitative estimate of drug-likeness (QED) is 0.619. The third-order valence-electron chi connectivity index (χ3n) is 3.24. The van der Waals surface area contributed by atoms with E-state index in [-0.39, 0.29) is 12.3 Å². The molecule has 0 aliphatic heterocycles. The maximum Gasteiger partial charge on any atom is 0.312 e. The standard InChI is InChI=1S/C18H20N2O3S/c1-4-8-19-17(22)13(3)23-16(21)10-15-11-24-18(20-15)14-7-5-6-12(2)9-14/h4-7,9,11,13H,1,8,10H2,2-3H3,(H,19,22)/t13-/m1/s1. The number of hydrogen-bond donors (Lipinski definition) is 1. The zero-order valence-electron chi connectivity index (χ0n) is 13.7. The van der Waals surface area contributed by atoms with Gasteiger partial charge in [-0.05, 0) is 19.9 Å². The summed E-state index contributed by atoms with van der Waals surface area (Å²) >= 11 is 1.48. The summed E-state index contributed by atoms with van der Waals surface area (Å²) in [4.78, 5) is 28.1. The van der Waals surface area contributed by atoms with Crippen LogP contribution in [0.1, 0.15) is 18.2 Å². The van der Waals surface area contributed by atoms with Crippen molar-refractivity contribution >= 4 is 23.2 Å². The van der Waals surface area contributed by atoms with Crippen LogP contribution in [0.15, 0.2) is 42.3 Å². The van der Waals surface area contributed by atoms with Gasteiger partial charge in [0, 0.05) is 17.5 Å². The number of carbonyl (C=O) groups excluding carboxylic acids is 2. The van der Waals surface area contributed by atoms with Crippen molar-refractivity contribution in [3.8, 4) is 10.6 Å². The van der Waals surface area contributed by atoms with Crippen molar-refractivity contribution in [2.45, 2.75) is 26.4 Å². The number of carbonyl (C=O) groups is 2. The third kappa shape index (κ3) is 5.03. The van der Waals surface area contributed by atoms with Gasteiger partial charge in [0.25, 0.3) is 5.91 Å². The molecule has 0 bridgehead atoms. The second kappa shape index (κ2) is 8.40. The van der Waals surface area contributed by atoms with E-state index in [1.54, 1.807) is 6.08 Å². The Morgan fingerprint density at radius 3 is 2.96 bits per heavy atom. The number of nitrogens with zero attached hydrogens (tertiary/aromatic N) is 1. The average molecular weight is 344 g/mol. The van der Waals surface area contributed by atoms with Gasteiger partial charge in [0.15, 0.2) is 6.10 Å². The Bertz CT molecular complexity index is 739. The van der Waals surface area contributed by atoms with Crippen molar-refractivity contribution in [3.05, 3.63) is 53.6 Å². The van der Waals surface area contributed by atoms with Crippen molar-refractivity contribution < 1.29 is 14.3 Å². The van der Waals surface area contributed by atoms with Crippen LogP contribution in [0.25, 0.3) is 10.6 Å². The first-order chi connectivity index (χ1) is 11.5. The Balaban J connectivity index is 1.93. The molecule has 0 radical (unpaired) electrons. The summed E-state index contributed by atoms with van der Waals surface area (Å²) in [7, 11) is 0. The highest BCUT2D eigenvalue weighted by molar-refractivity contribution is 7.13. The average Bonchev–Trinajstić information content (AvgIpc) is 3.00. The van der Waals surface area contributed by atoms with Gasteiger partial charge in [-0.25, -0.2) is 4.98 Å². The molecule has 5 nitrogen and oxygen atoms in total. The number of esters is 1. The first-order valence-electron chi connectivity index (χ1n) is 7.59. The molecule has 0 aliphatic carbocycles. The molecule has 0 saturated heterocycles. The van der Waals surface area contributed by atoms with E-state index in [4.69, 9.17) is 4.74 Å². The molecular weight excluding hydrogens is 324 g/mol. The number of thiazole rings is 1. The molecule has 1 aromatic carbocycles. The summed E-state index contributed by atoms with van der Waals surface area (Å²) in [5.41, 5.74) is 2.82. The number of aromatic nitrogens is 1. The van der Waals surface area contributed by atoms with Crippen LogP contribution in [0.5, 0.6) is 0 Å². The van der Waals surface area contributed by atoms with Gasteiger partial charge in [-0.15, -0.1) is 17.9 Å². The molecule has 1 N–H and O–H groups in total. The van der Waals surface area contributed by atoms with Crippen molar-refractivity contribution in [2.75, 3.05) is 6.54 Å². The van der Waals surface area contributed by atoms with Crippen LogP contribution < -0.4 is 5.32 Å². The van der Waals surface area contributed by atoms with Gasteiger partial charge in [-0.3, -0.25) is 9.59 Å². The van der Waals surface area contributed by atoms with Gasteiger partial charge < -0.3 is 10.1 Å². The first kappa shape index (κ1) is 17.9.